The van der Waals surface area contributed by atoms with Crippen molar-refractivity contribution in [1.82, 2.24) is 0 Å². The van der Waals surface area contributed by atoms with Gasteiger partial charge in [0.2, 0.25) is 0 Å². The molecule has 0 amide bonds. The van der Waals surface area contributed by atoms with E-state index in [0.29, 0.717) is 39.3 Å². The van der Waals surface area contributed by atoms with Gasteiger partial charge < -0.3 is 14.6 Å². The Kier molecular flexibility index (Phi) is 3.78. The fourth-order valence-electron chi connectivity index (χ4n) is 3.58. The van der Waals surface area contributed by atoms with Gasteiger partial charge in [0.1, 0.15) is 17.1 Å². The quantitative estimate of drug-likeness (QED) is 0.788. The van der Waals surface area contributed by atoms with Crippen LogP contribution < -0.4 is 9.47 Å². The lowest BCUT2D eigenvalue weighted by molar-refractivity contribution is 0.0948. The highest BCUT2D eigenvalue weighted by atomic mass is 16.5. The summed E-state index contributed by atoms with van der Waals surface area (Å²) in [5.74, 6) is 1.18. The summed E-state index contributed by atoms with van der Waals surface area (Å²) in [6.45, 7) is 0. The lowest BCUT2D eigenvalue weighted by Gasteiger charge is -2.36. The normalized spacial score (nSPS) is 18.0. The highest BCUT2D eigenvalue weighted by molar-refractivity contribution is 6.13. The molecule has 0 spiro atoms. The van der Waals surface area contributed by atoms with Crippen LogP contribution in [0.25, 0.3) is 0 Å². The van der Waals surface area contributed by atoms with Gasteiger partial charge in [-0.25, -0.2) is 0 Å². The summed E-state index contributed by atoms with van der Waals surface area (Å²) in [4.78, 5) is 13.0. The van der Waals surface area contributed by atoms with Crippen LogP contribution in [0.3, 0.4) is 0 Å². The van der Waals surface area contributed by atoms with E-state index < -0.39 is 5.60 Å². The number of methoxy groups -OCH3 is 2. The topological polar surface area (TPSA) is 55.8 Å². The minimum atomic E-state index is -1.46. The summed E-state index contributed by atoms with van der Waals surface area (Å²) in [5.41, 5.74) is 1.27. The Hall–Kier alpha value is -3.11. The maximum atomic E-state index is 13.0. The van der Waals surface area contributed by atoms with E-state index in [1.807, 2.05) is 18.2 Å². The fraction of sp³-hybridized carbons (Fsp3) is 0.136. The summed E-state index contributed by atoms with van der Waals surface area (Å²) in [5, 5.41) is 11.9. The highest BCUT2D eigenvalue weighted by Crippen LogP contribution is 2.45. The second-order valence-corrected chi connectivity index (χ2v) is 6.23. The zero-order chi connectivity index (χ0) is 18.3. The Morgan fingerprint density at radius 3 is 2.08 bits per heavy atom. The van der Waals surface area contributed by atoms with Crippen molar-refractivity contribution in [1.29, 1.82) is 0 Å². The van der Waals surface area contributed by atoms with Crippen molar-refractivity contribution < 1.29 is 19.4 Å². The predicted molar refractivity (Wildman–Crippen MR) is 98.0 cm³/mol. The standard InChI is InChI=1S/C22H18O4/c1-25-15-9-7-14(8-10-15)22(24)19-6-4-3-5-17(19)21(23)18-12-11-16(26-2)13-20(18)22/h3-13,24H,1-2H3/t22-/m1/s1. The number of benzene rings is 3. The van der Waals surface area contributed by atoms with E-state index in [2.05, 4.69) is 0 Å². The summed E-state index contributed by atoms with van der Waals surface area (Å²) >= 11 is 0. The van der Waals surface area contributed by atoms with Crippen LogP contribution in [0.5, 0.6) is 11.5 Å². The van der Waals surface area contributed by atoms with Gasteiger partial charge in [0, 0.05) is 22.3 Å². The monoisotopic (exact) mass is 346 g/mol. The first kappa shape index (κ1) is 16.4. The van der Waals surface area contributed by atoms with E-state index in [4.69, 9.17) is 9.47 Å². The average molecular weight is 346 g/mol. The second-order valence-electron chi connectivity index (χ2n) is 6.23. The zero-order valence-corrected chi connectivity index (χ0v) is 14.5. The number of carbonyl (C=O) groups is 1. The molecule has 0 bridgehead atoms. The Morgan fingerprint density at radius 2 is 1.38 bits per heavy atom. The number of ether oxygens (including phenoxy) is 2. The molecular weight excluding hydrogens is 328 g/mol. The molecule has 0 heterocycles. The lowest BCUT2D eigenvalue weighted by Crippen LogP contribution is -2.36. The van der Waals surface area contributed by atoms with E-state index in [9.17, 15) is 9.90 Å². The third kappa shape index (κ3) is 2.23. The largest absolute Gasteiger partial charge is 0.497 e. The van der Waals surface area contributed by atoms with Crippen molar-refractivity contribution in [3.05, 3.63) is 94.5 Å². The third-order valence-electron chi connectivity index (χ3n) is 4.93. The van der Waals surface area contributed by atoms with Crippen LogP contribution in [-0.4, -0.2) is 25.1 Å². The van der Waals surface area contributed by atoms with Gasteiger partial charge in [0.25, 0.3) is 0 Å². The van der Waals surface area contributed by atoms with Gasteiger partial charge in [-0.1, -0.05) is 36.4 Å². The molecule has 0 saturated carbocycles. The number of hydrogen-bond donors (Lipinski definition) is 1. The van der Waals surface area contributed by atoms with E-state index in [1.54, 1.807) is 62.8 Å². The maximum absolute atomic E-state index is 13.0. The molecule has 1 aliphatic rings. The minimum Gasteiger partial charge on any atom is -0.497 e. The van der Waals surface area contributed by atoms with Gasteiger partial charge in [0.05, 0.1) is 14.2 Å². The van der Waals surface area contributed by atoms with Gasteiger partial charge in [-0.3, -0.25) is 4.79 Å². The van der Waals surface area contributed by atoms with E-state index in [1.165, 1.54) is 0 Å². The Bertz CT molecular complexity index is 991. The summed E-state index contributed by atoms with van der Waals surface area (Å²) in [6, 6.07) is 19.6. The Balaban J connectivity index is 2.04. The second kappa shape index (κ2) is 6.00. The van der Waals surface area contributed by atoms with Crippen molar-refractivity contribution in [3.8, 4) is 11.5 Å². The molecule has 130 valence electrons. The first-order chi connectivity index (χ1) is 12.6. The Labute approximate surface area is 151 Å². The molecule has 0 unspecified atom stereocenters. The smallest absolute Gasteiger partial charge is 0.193 e. The van der Waals surface area contributed by atoms with Gasteiger partial charge in [-0.05, 0) is 35.9 Å². The molecule has 0 fully saturated rings. The van der Waals surface area contributed by atoms with E-state index in [0.717, 1.165) is 0 Å². The number of aliphatic hydroxyl groups is 1. The van der Waals surface area contributed by atoms with E-state index >= 15 is 0 Å². The number of carbonyl (C=O) groups excluding carboxylic acids is 1. The molecule has 4 rings (SSSR count). The molecular formula is C22H18O4. The van der Waals surface area contributed by atoms with Crippen molar-refractivity contribution in [2.24, 2.45) is 0 Å². The maximum Gasteiger partial charge on any atom is 0.193 e. The fourth-order valence-corrected chi connectivity index (χ4v) is 3.58. The molecule has 1 N–H and O–H groups in total. The molecule has 26 heavy (non-hydrogen) atoms. The zero-order valence-electron chi connectivity index (χ0n) is 14.5. The lowest BCUT2D eigenvalue weighted by atomic mass is 9.71. The molecule has 0 aliphatic heterocycles. The molecule has 0 radical (unpaired) electrons. The predicted octanol–water partition coefficient (Wildman–Crippen LogP) is 3.53. The molecule has 0 saturated heterocycles. The number of fused-ring (bicyclic) bond motifs is 2. The van der Waals surface area contributed by atoms with Crippen LogP contribution >= 0.6 is 0 Å². The van der Waals surface area contributed by atoms with Gasteiger partial charge in [-0.2, -0.15) is 0 Å². The molecule has 3 aromatic rings. The van der Waals surface area contributed by atoms with Crippen LogP contribution in [0.4, 0.5) is 0 Å². The molecule has 1 aliphatic carbocycles. The van der Waals surface area contributed by atoms with Gasteiger partial charge in [0.15, 0.2) is 5.78 Å². The first-order valence-corrected chi connectivity index (χ1v) is 8.29. The number of hydrogen-bond acceptors (Lipinski definition) is 4. The van der Waals surface area contributed by atoms with Crippen LogP contribution in [0.15, 0.2) is 66.7 Å². The van der Waals surface area contributed by atoms with E-state index in [-0.39, 0.29) is 5.78 Å². The number of rotatable bonds is 3. The highest BCUT2D eigenvalue weighted by Gasteiger charge is 2.43. The molecule has 4 nitrogen and oxygen atoms in total. The average Bonchev–Trinajstić information content (AvgIpc) is 2.71. The summed E-state index contributed by atoms with van der Waals surface area (Å²) in [6.07, 6.45) is 0. The van der Waals surface area contributed by atoms with Crippen LogP contribution in [0.1, 0.15) is 32.6 Å². The third-order valence-corrected chi connectivity index (χ3v) is 4.93. The Morgan fingerprint density at radius 1 is 0.769 bits per heavy atom. The summed E-state index contributed by atoms with van der Waals surface area (Å²) < 4.78 is 10.6. The molecule has 4 heteroatoms. The first-order valence-electron chi connectivity index (χ1n) is 8.29. The van der Waals surface area contributed by atoms with Crippen molar-refractivity contribution in [2.75, 3.05) is 14.2 Å². The van der Waals surface area contributed by atoms with Gasteiger partial charge >= 0.3 is 0 Å². The molecule has 3 aromatic carbocycles. The van der Waals surface area contributed by atoms with Crippen molar-refractivity contribution >= 4 is 5.78 Å². The van der Waals surface area contributed by atoms with Crippen molar-refractivity contribution in [3.63, 3.8) is 0 Å². The van der Waals surface area contributed by atoms with Crippen molar-refractivity contribution in [2.45, 2.75) is 5.60 Å². The minimum absolute atomic E-state index is 0.101. The summed E-state index contributed by atoms with van der Waals surface area (Å²) in [7, 11) is 3.16. The molecule has 1 atom stereocenters. The van der Waals surface area contributed by atoms with Crippen LogP contribution in [0.2, 0.25) is 0 Å². The van der Waals surface area contributed by atoms with Crippen LogP contribution in [-0.2, 0) is 5.60 Å². The number of ketones is 1. The SMILES string of the molecule is COc1ccc([C@@]2(O)c3ccccc3C(=O)c3ccc(OC)cc32)cc1. The van der Waals surface area contributed by atoms with Crippen LogP contribution in [0, 0.1) is 0 Å². The van der Waals surface area contributed by atoms with Gasteiger partial charge in [-0.15, -0.1) is 0 Å². The molecule has 0 aromatic heterocycles.